The maximum Gasteiger partial charge on any atom is 0.253 e. The van der Waals surface area contributed by atoms with Gasteiger partial charge in [-0.2, -0.15) is 0 Å². The number of carbonyl (C=O) groups excluding carboxylic acids is 2. The second-order valence-corrected chi connectivity index (χ2v) is 7.73. The van der Waals surface area contributed by atoms with Gasteiger partial charge in [-0.25, -0.2) is 0 Å². The molecule has 30 heavy (non-hydrogen) atoms. The Hall–Kier alpha value is -2.82. The number of rotatable bonds is 8. The Morgan fingerprint density at radius 2 is 1.67 bits per heavy atom. The van der Waals surface area contributed by atoms with E-state index >= 15 is 0 Å². The molecule has 2 aromatic carbocycles. The van der Waals surface area contributed by atoms with Gasteiger partial charge in [0.15, 0.2) is 0 Å². The number of benzene rings is 2. The molecule has 0 bridgehead atoms. The summed E-state index contributed by atoms with van der Waals surface area (Å²) in [5.74, 6) is 1.07. The van der Waals surface area contributed by atoms with Crippen molar-refractivity contribution >= 4 is 11.8 Å². The van der Waals surface area contributed by atoms with E-state index in [-0.39, 0.29) is 17.9 Å². The molecule has 0 atom stereocenters. The molecule has 0 aliphatic carbocycles. The first-order valence-electron chi connectivity index (χ1n) is 11.0. The number of likely N-dealkylation sites (tertiary alicyclic amines) is 1. The Bertz CT molecular complexity index is 812. The van der Waals surface area contributed by atoms with E-state index < -0.39 is 0 Å². The fourth-order valence-electron chi connectivity index (χ4n) is 4.04. The van der Waals surface area contributed by atoms with Crippen LogP contribution >= 0.6 is 0 Å². The maximum atomic E-state index is 13.1. The van der Waals surface area contributed by atoms with Crippen LogP contribution in [0.25, 0.3) is 0 Å². The van der Waals surface area contributed by atoms with E-state index in [0.29, 0.717) is 26.1 Å². The fourth-order valence-corrected chi connectivity index (χ4v) is 4.04. The molecule has 1 aliphatic rings. The number of amides is 2. The minimum atomic E-state index is 0.0804. The van der Waals surface area contributed by atoms with E-state index in [9.17, 15) is 9.59 Å². The maximum absolute atomic E-state index is 13.1. The fraction of sp³-hybridized carbons (Fsp3) is 0.440. The molecular weight excluding hydrogens is 376 g/mol. The van der Waals surface area contributed by atoms with Gasteiger partial charge in [0.2, 0.25) is 5.91 Å². The third-order valence-electron chi connectivity index (χ3n) is 5.59. The Morgan fingerprint density at radius 1 is 1.00 bits per heavy atom. The van der Waals surface area contributed by atoms with E-state index in [1.807, 2.05) is 71.3 Å². The van der Waals surface area contributed by atoms with Crippen LogP contribution in [0, 0.1) is 0 Å². The number of hydrogen-bond acceptors (Lipinski definition) is 3. The zero-order valence-corrected chi connectivity index (χ0v) is 18.0. The van der Waals surface area contributed by atoms with Gasteiger partial charge in [0.1, 0.15) is 5.75 Å². The Kier molecular flexibility index (Phi) is 7.89. The van der Waals surface area contributed by atoms with Crippen LogP contribution in [0.2, 0.25) is 0 Å². The van der Waals surface area contributed by atoms with E-state index in [1.165, 1.54) is 0 Å². The first-order chi connectivity index (χ1) is 14.6. The van der Waals surface area contributed by atoms with Crippen molar-refractivity contribution in [2.75, 3.05) is 26.2 Å². The number of piperidine rings is 1. The molecule has 2 amide bonds. The summed E-state index contributed by atoms with van der Waals surface area (Å²) in [7, 11) is 0. The van der Waals surface area contributed by atoms with Crippen LogP contribution in [0.3, 0.4) is 0 Å². The Labute approximate surface area is 179 Å². The number of hydrogen-bond donors (Lipinski definition) is 0. The van der Waals surface area contributed by atoms with E-state index in [4.69, 9.17) is 4.74 Å². The van der Waals surface area contributed by atoms with E-state index in [2.05, 4.69) is 6.92 Å². The molecule has 0 aromatic heterocycles. The van der Waals surface area contributed by atoms with Gasteiger partial charge >= 0.3 is 0 Å². The van der Waals surface area contributed by atoms with E-state index in [1.54, 1.807) is 0 Å². The highest BCUT2D eigenvalue weighted by atomic mass is 16.5. The summed E-state index contributed by atoms with van der Waals surface area (Å²) >= 11 is 0. The van der Waals surface area contributed by atoms with Gasteiger partial charge in [-0.05, 0) is 56.0 Å². The van der Waals surface area contributed by atoms with Gasteiger partial charge in [0, 0.05) is 31.2 Å². The topological polar surface area (TPSA) is 49.9 Å². The highest BCUT2D eigenvalue weighted by Crippen LogP contribution is 2.21. The molecule has 5 heteroatoms. The standard InChI is InChI=1S/C25H32N2O3/c1-3-16-27(24(28)19-20-10-12-23(13-11-20)30-4-2)22-14-17-26(18-15-22)25(29)21-8-6-5-7-9-21/h5-13,22H,3-4,14-19H2,1-2H3. The normalized spacial score (nSPS) is 14.4. The molecule has 1 fully saturated rings. The molecule has 0 radical (unpaired) electrons. The molecule has 0 N–H and O–H groups in total. The third-order valence-corrected chi connectivity index (χ3v) is 5.59. The van der Waals surface area contributed by atoms with Crippen molar-refractivity contribution in [1.82, 2.24) is 9.80 Å². The lowest BCUT2D eigenvalue weighted by molar-refractivity contribution is -0.133. The second-order valence-electron chi connectivity index (χ2n) is 7.73. The third kappa shape index (κ3) is 5.62. The lowest BCUT2D eigenvalue weighted by Gasteiger charge is -2.38. The smallest absolute Gasteiger partial charge is 0.253 e. The van der Waals surface area contributed by atoms with Gasteiger partial charge in [0.05, 0.1) is 13.0 Å². The Morgan fingerprint density at radius 3 is 2.27 bits per heavy atom. The predicted octanol–water partition coefficient (Wildman–Crippen LogP) is 4.17. The molecule has 1 saturated heterocycles. The molecule has 0 spiro atoms. The summed E-state index contributed by atoms with van der Waals surface area (Å²) in [5, 5.41) is 0. The van der Waals surface area contributed by atoms with Crippen molar-refractivity contribution in [3.05, 3.63) is 65.7 Å². The highest BCUT2D eigenvalue weighted by molar-refractivity contribution is 5.94. The van der Waals surface area contributed by atoms with Crippen molar-refractivity contribution in [3.63, 3.8) is 0 Å². The van der Waals surface area contributed by atoms with Crippen LogP contribution < -0.4 is 4.74 Å². The summed E-state index contributed by atoms with van der Waals surface area (Å²) in [4.78, 5) is 29.7. The zero-order valence-electron chi connectivity index (χ0n) is 18.0. The quantitative estimate of drug-likeness (QED) is 0.659. The molecule has 3 rings (SSSR count). The second kappa shape index (κ2) is 10.8. The summed E-state index contributed by atoms with van der Waals surface area (Å²) in [5.41, 5.74) is 1.73. The predicted molar refractivity (Wildman–Crippen MR) is 119 cm³/mol. The van der Waals surface area contributed by atoms with E-state index in [0.717, 1.165) is 42.7 Å². The highest BCUT2D eigenvalue weighted by Gasteiger charge is 2.29. The average molecular weight is 409 g/mol. The van der Waals surface area contributed by atoms with Gasteiger partial charge in [-0.1, -0.05) is 37.3 Å². The lowest BCUT2D eigenvalue weighted by atomic mass is 10.0. The van der Waals surface area contributed by atoms with Gasteiger partial charge in [-0.3, -0.25) is 9.59 Å². The molecule has 5 nitrogen and oxygen atoms in total. The summed E-state index contributed by atoms with van der Waals surface area (Å²) in [6.07, 6.45) is 2.98. The van der Waals surface area contributed by atoms with Gasteiger partial charge in [-0.15, -0.1) is 0 Å². The lowest BCUT2D eigenvalue weighted by Crippen LogP contribution is -2.49. The van der Waals surface area contributed by atoms with Crippen molar-refractivity contribution in [2.24, 2.45) is 0 Å². The molecule has 2 aromatic rings. The minimum Gasteiger partial charge on any atom is -0.494 e. The largest absolute Gasteiger partial charge is 0.494 e. The number of carbonyl (C=O) groups is 2. The molecule has 1 heterocycles. The van der Waals surface area contributed by atoms with Crippen molar-refractivity contribution < 1.29 is 14.3 Å². The molecule has 0 unspecified atom stereocenters. The van der Waals surface area contributed by atoms with Crippen molar-refractivity contribution in [1.29, 1.82) is 0 Å². The molecular formula is C25H32N2O3. The van der Waals surface area contributed by atoms with Crippen LogP contribution in [0.1, 0.15) is 49.0 Å². The SMILES string of the molecule is CCCN(C(=O)Cc1ccc(OCC)cc1)C1CCN(C(=O)c2ccccc2)CC1. The first kappa shape index (κ1) is 21.9. The molecule has 0 saturated carbocycles. The van der Waals surface area contributed by atoms with Crippen LogP contribution in [0.4, 0.5) is 0 Å². The van der Waals surface area contributed by atoms with Gasteiger partial charge < -0.3 is 14.5 Å². The summed E-state index contributed by atoms with van der Waals surface area (Å²) in [6.45, 7) is 6.83. The van der Waals surface area contributed by atoms with Crippen molar-refractivity contribution in [2.45, 2.75) is 45.6 Å². The van der Waals surface area contributed by atoms with Gasteiger partial charge in [0.25, 0.3) is 5.91 Å². The summed E-state index contributed by atoms with van der Waals surface area (Å²) < 4.78 is 5.48. The Balaban J connectivity index is 1.58. The average Bonchev–Trinajstić information content (AvgIpc) is 2.79. The van der Waals surface area contributed by atoms with Crippen LogP contribution in [-0.2, 0) is 11.2 Å². The van der Waals surface area contributed by atoms with Crippen LogP contribution in [0.5, 0.6) is 5.75 Å². The first-order valence-corrected chi connectivity index (χ1v) is 11.0. The van der Waals surface area contributed by atoms with Crippen LogP contribution in [-0.4, -0.2) is 53.9 Å². The zero-order chi connectivity index (χ0) is 21.3. The summed E-state index contributed by atoms with van der Waals surface area (Å²) in [6, 6.07) is 17.4. The minimum absolute atomic E-state index is 0.0804. The number of ether oxygens (including phenoxy) is 1. The van der Waals surface area contributed by atoms with Crippen LogP contribution in [0.15, 0.2) is 54.6 Å². The monoisotopic (exact) mass is 408 g/mol. The van der Waals surface area contributed by atoms with Crippen molar-refractivity contribution in [3.8, 4) is 5.75 Å². The molecule has 1 aliphatic heterocycles. The molecule has 160 valence electrons. The number of nitrogens with zero attached hydrogens (tertiary/aromatic N) is 2.